The second kappa shape index (κ2) is 5.73. The highest BCUT2D eigenvalue weighted by Gasteiger charge is 2.54. The van der Waals surface area contributed by atoms with Crippen LogP contribution in [0.4, 0.5) is 11.4 Å². The molecule has 5 nitrogen and oxygen atoms in total. The Labute approximate surface area is 152 Å². The molecule has 5 atom stereocenters. The zero-order chi connectivity index (χ0) is 17.8. The van der Waals surface area contributed by atoms with E-state index in [0.717, 1.165) is 17.0 Å². The molecular formula is C21H22N2O3. The molecule has 1 heterocycles. The summed E-state index contributed by atoms with van der Waals surface area (Å²) in [6.07, 6.45) is 3.77. The van der Waals surface area contributed by atoms with Gasteiger partial charge in [-0.3, -0.25) is 10.1 Å². The van der Waals surface area contributed by atoms with Crippen molar-refractivity contribution in [3.05, 3.63) is 63.7 Å². The van der Waals surface area contributed by atoms with Crippen LogP contribution in [0.1, 0.15) is 42.3 Å². The number of hydrogen-bond acceptors (Lipinski definition) is 4. The minimum Gasteiger partial charge on any atom is -0.497 e. The van der Waals surface area contributed by atoms with E-state index in [1.54, 1.807) is 13.2 Å². The van der Waals surface area contributed by atoms with Crippen molar-refractivity contribution >= 4 is 11.4 Å². The quantitative estimate of drug-likeness (QED) is 0.632. The van der Waals surface area contributed by atoms with Gasteiger partial charge in [-0.1, -0.05) is 12.1 Å². The fourth-order valence-electron chi connectivity index (χ4n) is 5.75. The largest absolute Gasteiger partial charge is 0.497 e. The van der Waals surface area contributed by atoms with E-state index in [0.29, 0.717) is 23.7 Å². The lowest BCUT2D eigenvalue weighted by atomic mass is 9.68. The fraction of sp³-hybridized carbons (Fsp3) is 0.429. The highest BCUT2D eigenvalue weighted by atomic mass is 16.6. The lowest BCUT2D eigenvalue weighted by Crippen LogP contribution is -2.35. The summed E-state index contributed by atoms with van der Waals surface area (Å²) in [6.45, 7) is 0. The van der Waals surface area contributed by atoms with Crippen LogP contribution in [-0.4, -0.2) is 12.0 Å². The van der Waals surface area contributed by atoms with Crippen LogP contribution in [0.3, 0.4) is 0 Å². The number of nitro benzene ring substituents is 1. The molecule has 0 aromatic heterocycles. The van der Waals surface area contributed by atoms with Crippen molar-refractivity contribution in [2.45, 2.75) is 31.2 Å². The van der Waals surface area contributed by atoms with E-state index in [4.69, 9.17) is 4.74 Å². The average Bonchev–Trinajstić information content (AvgIpc) is 3.29. The number of fused-ring (bicyclic) bond motifs is 7. The molecule has 5 rings (SSSR count). The van der Waals surface area contributed by atoms with Gasteiger partial charge in [-0.2, -0.15) is 0 Å². The Morgan fingerprint density at radius 3 is 2.81 bits per heavy atom. The van der Waals surface area contributed by atoms with E-state index in [2.05, 4.69) is 17.4 Å². The molecule has 1 aliphatic heterocycles. The van der Waals surface area contributed by atoms with Crippen LogP contribution in [0.5, 0.6) is 5.75 Å². The van der Waals surface area contributed by atoms with Crippen molar-refractivity contribution in [3.8, 4) is 5.75 Å². The summed E-state index contributed by atoms with van der Waals surface area (Å²) in [5.41, 5.74) is 3.65. The van der Waals surface area contributed by atoms with Crippen LogP contribution in [0, 0.1) is 27.9 Å². The van der Waals surface area contributed by atoms with Crippen molar-refractivity contribution in [3.63, 3.8) is 0 Å². The van der Waals surface area contributed by atoms with Crippen LogP contribution in [-0.2, 0) is 0 Å². The van der Waals surface area contributed by atoms with Gasteiger partial charge < -0.3 is 10.1 Å². The number of nitrogens with one attached hydrogen (secondary N) is 1. The minimum atomic E-state index is -0.281. The van der Waals surface area contributed by atoms with E-state index >= 15 is 0 Å². The molecule has 0 saturated heterocycles. The van der Waals surface area contributed by atoms with E-state index < -0.39 is 0 Å². The molecule has 2 aliphatic carbocycles. The van der Waals surface area contributed by atoms with Crippen LogP contribution in [0.25, 0.3) is 0 Å². The fourth-order valence-corrected chi connectivity index (χ4v) is 5.75. The molecule has 2 saturated carbocycles. The molecule has 0 amide bonds. The summed E-state index contributed by atoms with van der Waals surface area (Å²) < 4.78 is 5.43. The number of methoxy groups -OCH3 is 1. The van der Waals surface area contributed by atoms with Crippen molar-refractivity contribution in [1.29, 1.82) is 0 Å². The SMILES string of the molecule is COc1cccc([C@@H]2Nc3ccc([N+](=O)[O-])cc3[C@H]3[C@H]4CC[C@@H](C4)[C@@H]32)c1. The Kier molecular flexibility index (Phi) is 3.45. The average molecular weight is 350 g/mol. The Balaban J connectivity index is 1.62. The molecule has 1 N–H and O–H groups in total. The van der Waals surface area contributed by atoms with Gasteiger partial charge in [0.05, 0.1) is 18.1 Å². The van der Waals surface area contributed by atoms with Crippen LogP contribution in [0.2, 0.25) is 0 Å². The minimum absolute atomic E-state index is 0.201. The van der Waals surface area contributed by atoms with Gasteiger partial charge in [0.15, 0.2) is 0 Å². The first-order valence-corrected chi connectivity index (χ1v) is 9.34. The molecule has 2 fully saturated rings. The molecule has 2 bridgehead atoms. The van der Waals surface area contributed by atoms with Gasteiger partial charge in [-0.15, -0.1) is 0 Å². The first-order valence-electron chi connectivity index (χ1n) is 9.34. The Hall–Kier alpha value is -2.56. The highest BCUT2D eigenvalue weighted by Crippen LogP contribution is 2.64. The maximum atomic E-state index is 11.3. The zero-order valence-electron chi connectivity index (χ0n) is 14.7. The van der Waals surface area contributed by atoms with Crippen molar-refractivity contribution in [1.82, 2.24) is 0 Å². The maximum Gasteiger partial charge on any atom is 0.269 e. The molecule has 0 radical (unpaired) electrons. The van der Waals surface area contributed by atoms with Crippen LogP contribution >= 0.6 is 0 Å². The predicted molar refractivity (Wildman–Crippen MR) is 99.5 cm³/mol. The standard InChI is InChI=1S/C21H22N2O3/c1-26-16-4-2-3-14(10-16)21-20-13-6-5-12(9-13)19(20)17-11-15(23(24)25)7-8-18(17)22-21/h2-4,7-8,10-13,19-22H,5-6,9H2,1H3/t12-,13-,19+,20-,21-/m0/s1. The molecule has 5 heteroatoms. The first kappa shape index (κ1) is 15.7. The summed E-state index contributed by atoms with van der Waals surface area (Å²) in [5, 5.41) is 15.0. The number of anilines is 1. The monoisotopic (exact) mass is 350 g/mol. The second-order valence-corrected chi connectivity index (χ2v) is 7.86. The summed E-state index contributed by atoms with van der Waals surface area (Å²) in [5.74, 6) is 3.14. The molecule has 26 heavy (non-hydrogen) atoms. The Morgan fingerprint density at radius 2 is 2.00 bits per heavy atom. The molecular weight excluding hydrogens is 328 g/mol. The number of non-ortho nitro benzene ring substituents is 1. The molecule has 134 valence electrons. The van der Waals surface area contributed by atoms with Gasteiger partial charge in [-0.25, -0.2) is 0 Å². The van der Waals surface area contributed by atoms with Gasteiger partial charge >= 0.3 is 0 Å². The number of nitro groups is 1. The molecule has 2 aromatic rings. The van der Waals surface area contributed by atoms with Gasteiger partial charge in [0.1, 0.15) is 5.75 Å². The molecule has 2 aromatic carbocycles. The number of benzene rings is 2. The predicted octanol–water partition coefficient (Wildman–Crippen LogP) is 4.90. The normalized spacial score (nSPS) is 31.0. The number of hydrogen-bond donors (Lipinski definition) is 1. The summed E-state index contributed by atoms with van der Waals surface area (Å²) in [4.78, 5) is 11.0. The summed E-state index contributed by atoms with van der Waals surface area (Å²) >= 11 is 0. The van der Waals surface area contributed by atoms with E-state index in [1.165, 1.54) is 24.8 Å². The van der Waals surface area contributed by atoms with Crippen molar-refractivity contribution in [2.75, 3.05) is 12.4 Å². The van der Waals surface area contributed by atoms with Crippen LogP contribution < -0.4 is 10.1 Å². The second-order valence-electron chi connectivity index (χ2n) is 7.86. The van der Waals surface area contributed by atoms with E-state index in [1.807, 2.05) is 24.3 Å². The van der Waals surface area contributed by atoms with Crippen molar-refractivity contribution < 1.29 is 9.66 Å². The third-order valence-electron chi connectivity index (χ3n) is 6.73. The van der Waals surface area contributed by atoms with E-state index in [9.17, 15) is 10.1 Å². The van der Waals surface area contributed by atoms with Crippen LogP contribution in [0.15, 0.2) is 42.5 Å². The first-order chi connectivity index (χ1) is 12.7. The van der Waals surface area contributed by atoms with Gasteiger partial charge in [0, 0.05) is 17.8 Å². The lowest BCUT2D eigenvalue weighted by molar-refractivity contribution is -0.384. The number of nitrogens with zero attached hydrogens (tertiary/aromatic N) is 1. The smallest absolute Gasteiger partial charge is 0.269 e. The lowest BCUT2D eigenvalue weighted by Gasteiger charge is -2.43. The topological polar surface area (TPSA) is 64.4 Å². The van der Waals surface area contributed by atoms with Crippen molar-refractivity contribution in [2.24, 2.45) is 17.8 Å². The Morgan fingerprint density at radius 1 is 1.15 bits per heavy atom. The van der Waals surface area contributed by atoms with Gasteiger partial charge in [0.2, 0.25) is 0 Å². The third-order valence-corrected chi connectivity index (χ3v) is 6.73. The van der Waals surface area contributed by atoms with Gasteiger partial charge in [-0.05, 0) is 72.3 Å². The summed E-state index contributed by atoms with van der Waals surface area (Å²) in [7, 11) is 1.70. The Bertz CT molecular complexity index is 881. The highest BCUT2D eigenvalue weighted by molar-refractivity contribution is 5.62. The molecule has 0 spiro atoms. The maximum absolute atomic E-state index is 11.3. The van der Waals surface area contributed by atoms with E-state index in [-0.39, 0.29) is 16.7 Å². The van der Waals surface area contributed by atoms with Gasteiger partial charge in [0.25, 0.3) is 5.69 Å². The molecule has 0 unspecified atom stereocenters. The summed E-state index contributed by atoms with van der Waals surface area (Å²) in [6, 6.07) is 13.9. The third kappa shape index (κ3) is 2.23. The molecule has 3 aliphatic rings. The zero-order valence-corrected chi connectivity index (χ0v) is 14.7. The number of ether oxygens (including phenoxy) is 1. The number of rotatable bonds is 3.